The number of amides is 1. The Morgan fingerprint density at radius 1 is 1.20 bits per heavy atom. The summed E-state index contributed by atoms with van der Waals surface area (Å²) in [6.07, 6.45) is 0.664. The molecule has 0 atom stereocenters. The second kappa shape index (κ2) is 8.46. The molecular formula is C19H24N2O4. The number of aromatic nitrogens is 1. The van der Waals surface area contributed by atoms with Crippen LogP contribution in [-0.2, 0) is 20.7 Å². The number of carbonyl (C=O) groups excluding carboxylic acids is 2. The Hall–Kier alpha value is -2.63. The first kappa shape index (κ1) is 18.7. The van der Waals surface area contributed by atoms with Crippen LogP contribution in [0.5, 0.6) is 0 Å². The Labute approximate surface area is 147 Å². The lowest BCUT2D eigenvalue weighted by Crippen LogP contribution is -2.21. The van der Waals surface area contributed by atoms with Gasteiger partial charge in [-0.25, -0.2) is 0 Å². The number of nitrogens with one attached hydrogen (secondary N) is 1. The van der Waals surface area contributed by atoms with Gasteiger partial charge in [0.1, 0.15) is 5.76 Å². The molecule has 0 radical (unpaired) electrons. The third-order valence-electron chi connectivity index (χ3n) is 3.99. The number of aryl methyl sites for hydroxylation is 2. The Bertz CT molecular complexity index is 713. The SMILES string of the molecule is Cc1noc(C)c1CCC(=O)OCC(=O)Nc1ccc(C(C)C)cc1. The van der Waals surface area contributed by atoms with E-state index in [-0.39, 0.29) is 18.9 Å². The van der Waals surface area contributed by atoms with Crippen molar-refractivity contribution in [2.45, 2.75) is 46.5 Å². The zero-order valence-corrected chi connectivity index (χ0v) is 15.1. The van der Waals surface area contributed by atoms with E-state index in [9.17, 15) is 9.59 Å². The highest BCUT2D eigenvalue weighted by atomic mass is 16.5. The summed E-state index contributed by atoms with van der Waals surface area (Å²) in [6, 6.07) is 7.62. The number of nitrogens with zero attached hydrogens (tertiary/aromatic N) is 1. The number of ether oxygens (including phenoxy) is 1. The lowest BCUT2D eigenvalue weighted by Gasteiger charge is -2.09. The Morgan fingerprint density at radius 3 is 2.44 bits per heavy atom. The van der Waals surface area contributed by atoms with Crippen LogP contribution in [-0.4, -0.2) is 23.6 Å². The molecule has 0 saturated carbocycles. The van der Waals surface area contributed by atoms with Crippen molar-refractivity contribution < 1.29 is 18.8 Å². The van der Waals surface area contributed by atoms with Crippen LogP contribution in [0.1, 0.15) is 48.8 Å². The van der Waals surface area contributed by atoms with Crippen molar-refractivity contribution in [3.8, 4) is 0 Å². The second-order valence-corrected chi connectivity index (χ2v) is 6.29. The molecule has 6 heteroatoms. The molecule has 0 aliphatic heterocycles. The molecule has 134 valence electrons. The fourth-order valence-corrected chi connectivity index (χ4v) is 2.45. The normalized spacial score (nSPS) is 10.8. The number of hydrogen-bond acceptors (Lipinski definition) is 5. The largest absolute Gasteiger partial charge is 0.456 e. The molecule has 25 heavy (non-hydrogen) atoms. The van der Waals surface area contributed by atoms with E-state index in [0.29, 0.717) is 23.8 Å². The van der Waals surface area contributed by atoms with Gasteiger partial charge in [-0.15, -0.1) is 0 Å². The molecule has 0 saturated heterocycles. The van der Waals surface area contributed by atoms with Crippen molar-refractivity contribution in [2.24, 2.45) is 0 Å². The molecule has 1 heterocycles. The van der Waals surface area contributed by atoms with E-state index in [4.69, 9.17) is 9.26 Å². The summed E-state index contributed by atoms with van der Waals surface area (Å²) in [5.41, 5.74) is 3.56. The second-order valence-electron chi connectivity index (χ2n) is 6.29. The average Bonchev–Trinajstić information content (AvgIpc) is 2.90. The van der Waals surface area contributed by atoms with Crippen LogP contribution in [0.3, 0.4) is 0 Å². The molecule has 0 unspecified atom stereocenters. The monoisotopic (exact) mass is 344 g/mol. The minimum absolute atomic E-state index is 0.180. The summed E-state index contributed by atoms with van der Waals surface area (Å²) in [7, 11) is 0. The molecule has 0 fully saturated rings. The Kier molecular flexibility index (Phi) is 6.33. The van der Waals surface area contributed by atoms with Crippen LogP contribution in [0.4, 0.5) is 5.69 Å². The molecule has 1 N–H and O–H groups in total. The van der Waals surface area contributed by atoms with Gasteiger partial charge in [0, 0.05) is 17.7 Å². The van der Waals surface area contributed by atoms with Crippen LogP contribution < -0.4 is 5.32 Å². The molecule has 1 amide bonds. The third kappa shape index (κ3) is 5.45. The van der Waals surface area contributed by atoms with Gasteiger partial charge in [-0.2, -0.15) is 0 Å². The van der Waals surface area contributed by atoms with Gasteiger partial charge >= 0.3 is 5.97 Å². The zero-order chi connectivity index (χ0) is 18.4. The standard InChI is InChI=1S/C19H24N2O4/c1-12(2)15-5-7-16(8-6-15)20-18(22)11-24-19(23)10-9-17-13(3)21-25-14(17)4/h5-8,12H,9-11H2,1-4H3,(H,20,22). The van der Waals surface area contributed by atoms with Crippen LogP contribution in [0, 0.1) is 13.8 Å². The fraction of sp³-hybridized carbons (Fsp3) is 0.421. The van der Waals surface area contributed by atoms with Gasteiger partial charge in [-0.3, -0.25) is 9.59 Å². The number of benzene rings is 1. The zero-order valence-electron chi connectivity index (χ0n) is 15.1. The summed E-state index contributed by atoms with van der Waals surface area (Å²) in [4.78, 5) is 23.6. The van der Waals surface area contributed by atoms with Gasteiger partial charge in [0.2, 0.25) is 0 Å². The van der Waals surface area contributed by atoms with E-state index >= 15 is 0 Å². The molecule has 2 rings (SSSR count). The summed E-state index contributed by atoms with van der Waals surface area (Å²) in [6.45, 7) is 7.55. The summed E-state index contributed by atoms with van der Waals surface area (Å²) >= 11 is 0. The van der Waals surface area contributed by atoms with Gasteiger partial charge in [0.25, 0.3) is 5.91 Å². The van der Waals surface area contributed by atoms with E-state index in [1.807, 2.05) is 31.2 Å². The van der Waals surface area contributed by atoms with Crippen LogP contribution >= 0.6 is 0 Å². The minimum atomic E-state index is -0.426. The maximum absolute atomic E-state index is 11.9. The highest BCUT2D eigenvalue weighted by Crippen LogP contribution is 2.17. The molecule has 2 aromatic rings. The van der Waals surface area contributed by atoms with Crippen molar-refractivity contribution in [3.63, 3.8) is 0 Å². The minimum Gasteiger partial charge on any atom is -0.456 e. The molecular weight excluding hydrogens is 320 g/mol. The van der Waals surface area contributed by atoms with Crippen LogP contribution in [0.15, 0.2) is 28.8 Å². The molecule has 0 aliphatic carbocycles. The Balaban J connectivity index is 1.74. The van der Waals surface area contributed by atoms with Gasteiger partial charge in [0.15, 0.2) is 6.61 Å². The van der Waals surface area contributed by atoms with Crippen LogP contribution in [0.25, 0.3) is 0 Å². The lowest BCUT2D eigenvalue weighted by atomic mass is 10.0. The van der Waals surface area contributed by atoms with Crippen molar-refractivity contribution in [2.75, 3.05) is 11.9 Å². The van der Waals surface area contributed by atoms with Gasteiger partial charge in [-0.05, 0) is 43.9 Å². The number of rotatable bonds is 7. The smallest absolute Gasteiger partial charge is 0.306 e. The van der Waals surface area contributed by atoms with Crippen molar-refractivity contribution >= 4 is 17.6 Å². The number of hydrogen-bond donors (Lipinski definition) is 1. The quantitative estimate of drug-likeness (QED) is 0.777. The maximum atomic E-state index is 11.9. The fourth-order valence-electron chi connectivity index (χ4n) is 2.45. The first-order valence-corrected chi connectivity index (χ1v) is 8.34. The van der Waals surface area contributed by atoms with Crippen molar-refractivity contribution in [1.82, 2.24) is 5.16 Å². The van der Waals surface area contributed by atoms with Crippen molar-refractivity contribution in [3.05, 3.63) is 46.8 Å². The van der Waals surface area contributed by atoms with Crippen LogP contribution in [0.2, 0.25) is 0 Å². The molecule has 0 bridgehead atoms. The van der Waals surface area contributed by atoms with Gasteiger partial charge < -0.3 is 14.6 Å². The van der Waals surface area contributed by atoms with Crippen molar-refractivity contribution in [1.29, 1.82) is 0 Å². The van der Waals surface area contributed by atoms with E-state index in [0.717, 1.165) is 11.3 Å². The van der Waals surface area contributed by atoms with Gasteiger partial charge in [0.05, 0.1) is 5.69 Å². The lowest BCUT2D eigenvalue weighted by molar-refractivity contribution is -0.147. The molecule has 1 aromatic heterocycles. The Morgan fingerprint density at radius 2 is 1.88 bits per heavy atom. The van der Waals surface area contributed by atoms with E-state index in [1.165, 1.54) is 5.56 Å². The number of esters is 1. The summed E-state index contributed by atoms with van der Waals surface area (Å²) in [5.74, 6) is 0.351. The molecule has 6 nitrogen and oxygen atoms in total. The van der Waals surface area contributed by atoms with E-state index in [2.05, 4.69) is 24.3 Å². The number of carbonyl (C=O) groups is 2. The van der Waals surface area contributed by atoms with E-state index < -0.39 is 5.97 Å². The molecule has 0 aliphatic rings. The summed E-state index contributed by atoms with van der Waals surface area (Å²) < 4.78 is 10.1. The predicted octanol–water partition coefficient (Wildman–Crippen LogP) is 3.53. The molecule has 1 aromatic carbocycles. The first-order valence-electron chi connectivity index (χ1n) is 8.34. The van der Waals surface area contributed by atoms with Gasteiger partial charge in [-0.1, -0.05) is 31.1 Å². The van der Waals surface area contributed by atoms with E-state index in [1.54, 1.807) is 6.92 Å². The predicted molar refractivity (Wildman–Crippen MR) is 94.4 cm³/mol. The highest BCUT2D eigenvalue weighted by Gasteiger charge is 2.13. The highest BCUT2D eigenvalue weighted by molar-refractivity contribution is 5.92. The number of anilines is 1. The maximum Gasteiger partial charge on any atom is 0.306 e. The first-order chi connectivity index (χ1) is 11.9. The molecule has 0 spiro atoms. The average molecular weight is 344 g/mol. The third-order valence-corrected chi connectivity index (χ3v) is 3.99. The topological polar surface area (TPSA) is 81.4 Å². The summed E-state index contributed by atoms with van der Waals surface area (Å²) in [5, 5.41) is 6.55.